The molecule has 166 valence electrons. The molecule has 1 saturated heterocycles. The Kier molecular flexibility index (Phi) is 5.82. The van der Waals surface area contributed by atoms with E-state index in [1.165, 1.54) is 28.4 Å². The predicted molar refractivity (Wildman–Crippen MR) is 127 cm³/mol. The number of nitrogens with one attached hydrogen (secondary N) is 1. The lowest BCUT2D eigenvalue weighted by atomic mass is 10.0. The predicted octanol–water partition coefficient (Wildman–Crippen LogP) is 3.27. The number of rotatable bonds is 6. The molecule has 33 heavy (non-hydrogen) atoms. The molecule has 0 aliphatic carbocycles. The molecule has 0 bridgehead atoms. The second-order valence-corrected chi connectivity index (χ2v) is 9.89. The number of amides is 2. The molecule has 0 unspecified atom stereocenters. The van der Waals surface area contributed by atoms with E-state index in [0.29, 0.717) is 10.7 Å². The minimum atomic E-state index is -1.15. The van der Waals surface area contributed by atoms with Gasteiger partial charge in [-0.25, -0.2) is 4.79 Å². The number of carbonyl (C=O) groups excluding carboxylic acids is 2. The fraction of sp³-hybridized carbons (Fsp3) is 0.167. The molecule has 5 rings (SSSR count). The zero-order valence-electron chi connectivity index (χ0n) is 17.3. The van der Waals surface area contributed by atoms with Gasteiger partial charge in [0.1, 0.15) is 17.1 Å². The van der Waals surface area contributed by atoms with Crippen LogP contribution >= 0.6 is 23.5 Å². The van der Waals surface area contributed by atoms with Crippen LogP contribution in [0.4, 0.5) is 0 Å². The molecule has 2 amide bonds. The lowest BCUT2D eigenvalue weighted by Crippen LogP contribution is -2.70. The Hall–Kier alpha value is -3.30. The maximum atomic E-state index is 12.9. The van der Waals surface area contributed by atoms with Gasteiger partial charge in [-0.1, -0.05) is 54.2 Å². The Morgan fingerprint density at radius 3 is 2.76 bits per heavy atom. The van der Waals surface area contributed by atoms with Gasteiger partial charge in [0, 0.05) is 33.3 Å². The van der Waals surface area contributed by atoms with Crippen molar-refractivity contribution in [2.45, 2.75) is 22.7 Å². The van der Waals surface area contributed by atoms with Crippen LogP contribution in [0.1, 0.15) is 5.56 Å². The summed E-state index contributed by atoms with van der Waals surface area (Å²) in [5.74, 6) is -1.36. The van der Waals surface area contributed by atoms with Crippen LogP contribution in [0.5, 0.6) is 0 Å². The van der Waals surface area contributed by atoms with E-state index in [1.54, 1.807) is 12.4 Å². The van der Waals surface area contributed by atoms with Gasteiger partial charge in [0.15, 0.2) is 0 Å². The summed E-state index contributed by atoms with van der Waals surface area (Å²) in [6, 6.07) is 16.2. The monoisotopic (exact) mass is 477 g/mol. The Labute approximate surface area is 198 Å². The SMILES string of the molecule is O=C(Cc1ccccc1)N[C@@H]1C(=O)N2C(C(=O)O)=C(Sc3cccc4cnccc34)CS[C@@H]12. The summed E-state index contributed by atoms with van der Waals surface area (Å²) >= 11 is 2.82. The van der Waals surface area contributed by atoms with Crippen LogP contribution in [0.15, 0.2) is 82.5 Å². The number of hydrogen-bond donors (Lipinski definition) is 2. The molecule has 2 N–H and O–H groups in total. The summed E-state index contributed by atoms with van der Waals surface area (Å²) in [4.78, 5) is 44.5. The van der Waals surface area contributed by atoms with E-state index in [9.17, 15) is 19.5 Å². The highest BCUT2D eigenvalue weighted by Gasteiger charge is 2.54. The van der Waals surface area contributed by atoms with Crippen LogP contribution in [0.3, 0.4) is 0 Å². The highest BCUT2D eigenvalue weighted by atomic mass is 32.2. The van der Waals surface area contributed by atoms with Gasteiger partial charge in [0.05, 0.1) is 6.42 Å². The van der Waals surface area contributed by atoms with Crippen LogP contribution in [-0.2, 0) is 20.8 Å². The minimum Gasteiger partial charge on any atom is -0.477 e. The Morgan fingerprint density at radius 2 is 1.97 bits per heavy atom. The van der Waals surface area contributed by atoms with Gasteiger partial charge in [0.2, 0.25) is 5.91 Å². The van der Waals surface area contributed by atoms with E-state index >= 15 is 0 Å². The average molecular weight is 478 g/mol. The first kappa shape index (κ1) is 21.5. The number of pyridine rings is 1. The third kappa shape index (κ3) is 4.09. The first-order valence-electron chi connectivity index (χ1n) is 10.3. The molecule has 2 aliphatic rings. The maximum absolute atomic E-state index is 12.9. The van der Waals surface area contributed by atoms with Crippen molar-refractivity contribution in [2.75, 3.05) is 5.75 Å². The Bertz CT molecular complexity index is 1290. The number of fused-ring (bicyclic) bond motifs is 2. The number of thioether (sulfide) groups is 2. The molecule has 0 spiro atoms. The third-order valence-electron chi connectivity index (χ3n) is 5.53. The summed E-state index contributed by atoms with van der Waals surface area (Å²) in [5.41, 5.74) is 0.846. The number of carbonyl (C=O) groups is 3. The van der Waals surface area contributed by atoms with Gasteiger partial charge in [0.25, 0.3) is 5.91 Å². The molecule has 0 radical (unpaired) electrons. The van der Waals surface area contributed by atoms with Crippen molar-refractivity contribution in [3.8, 4) is 0 Å². The number of aliphatic carboxylic acids is 1. The van der Waals surface area contributed by atoms with E-state index < -0.39 is 23.3 Å². The molecule has 2 atom stereocenters. The van der Waals surface area contributed by atoms with Crippen molar-refractivity contribution in [1.29, 1.82) is 0 Å². The topological polar surface area (TPSA) is 99.6 Å². The number of nitrogens with zero attached hydrogens (tertiary/aromatic N) is 2. The van der Waals surface area contributed by atoms with Crippen molar-refractivity contribution in [2.24, 2.45) is 0 Å². The normalized spacial score (nSPS) is 19.8. The summed E-state index contributed by atoms with van der Waals surface area (Å²) in [7, 11) is 0. The zero-order valence-corrected chi connectivity index (χ0v) is 18.9. The molecule has 3 aromatic rings. The molecule has 1 aromatic heterocycles. The molecular formula is C24H19N3O4S2. The molecule has 9 heteroatoms. The lowest BCUT2D eigenvalue weighted by molar-refractivity contribution is -0.150. The van der Waals surface area contributed by atoms with E-state index in [2.05, 4.69) is 10.3 Å². The zero-order chi connectivity index (χ0) is 22.9. The van der Waals surface area contributed by atoms with Crippen molar-refractivity contribution in [1.82, 2.24) is 15.2 Å². The average Bonchev–Trinajstić information content (AvgIpc) is 2.83. The number of β-lactam (4-membered cyclic amide) rings is 1. The van der Waals surface area contributed by atoms with Crippen LogP contribution < -0.4 is 5.32 Å². The standard InChI is InChI=1S/C24H19N3O4S2/c28-19(11-14-5-2-1-3-6-14)26-20-22(29)27-21(24(30)31)18(13-32-23(20)27)33-17-8-4-7-15-12-25-10-9-16(15)17/h1-10,12,20,23H,11,13H2,(H,26,28)(H,30,31)/t20-,23+/m1/s1. The second-order valence-electron chi connectivity index (χ2n) is 7.65. The quantitative estimate of drug-likeness (QED) is 0.526. The van der Waals surface area contributed by atoms with Gasteiger partial charge in [-0.15, -0.1) is 11.8 Å². The molecule has 1 fully saturated rings. The van der Waals surface area contributed by atoms with Crippen molar-refractivity contribution < 1.29 is 19.5 Å². The van der Waals surface area contributed by atoms with E-state index in [4.69, 9.17) is 0 Å². The first-order chi connectivity index (χ1) is 16.0. The van der Waals surface area contributed by atoms with Gasteiger partial charge in [-0.05, 0) is 23.1 Å². The fourth-order valence-electron chi connectivity index (χ4n) is 3.99. The van der Waals surface area contributed by atoms with E-state index in [0.717, 1.165) is 21.2 Å². The molecule has 2 aliphatic heterocycles. The van der Waals surface area contributed by atoms with Crippen molar-refractivity contribution in [3.63, 3.8) is 0 Å². The summed E-state index contributed by atoms with van der Waals surface area (Å²) in [5, 5.41) is 14.2. The second kappa shape index (κ2) is 8.92. The molecule has 7 nitrogen and oxygen atoms in total. The number of carboxylic acid groups (broad SMARTS) is 1. The van der Waals surface area contributed by atoms with Crippen molar-refractivity contribution >= 4 is 52.1 Å². The summed E-state index contributed by atoms with van der Waals surface area (Å²) in [6.07, 6.45) is 3.63. The smallest absolute Gasteiger partial charge is 0.353 e. The Morgan fingerprint density at radius 1 is 1.15 bits per heavy atom. The van der Waals surface area contributed by atoms with Crippen LogP contribution in [-0.4, -0.2) is 49.9 Å². The molecular weight excluding hydrogens is 458 g/mol. The molecule has 2 aromatic carbocycles. The van der Waals surface area contributed by atoms with Crippen LogP contribution in [0, 0.1) is 0 Å². The van der Waals surface area contributed by atoms with Gasteiger partial charge < -0.3 is 10.4 Å². The highest BCUT2D eigenvalue weighted by molar-refractivity contribution is 8.06. The Balaban J connectivity index is 1.36. The number of aromatic nitrogens is 1. The highest BCUT2D eigenvalue weighted by Crippen LogP contribution is 2.46. The fourth-order valence-corrected chi connectivity index (χ4v) is 6.61. The van der Waals surface area contributed by atoms with Gasteiger partial charge in [-0.2, -0.15) is 0 Å². The maximum Gasteiger partial charge on any atom is 0.353 e. The van der Waals surface area contributed by atoms with Crippen LogP contribution in [0.2, 0.25) is 0 Å². The largest absolute Gasteiger partial charge is 0.477 e. The van der Waals surface area contributed by atoms with Crippen LogP contribution in [0.25, 0.3) is 10.8 Å². The summed E-state index contributed by atoms with van der Waals surface area (Å²) in [6.45, 7) is 0. The van der Waals surface area contributed by atoms with Gasteiger partial charge in [-0.3, -0.25) is 19.5 Å². The van der Waals surface area contributed by atoms with Gasteiger partial charge >= 0.3 is 5.97 Å². The lowest BCUT2D eigenvalue weighted by Gasteiger charge is -2.49. The van der Waals surface area contributed by atoms with E-state index in [-0.39, 0.29) is 18.0 Å². The molecule has 0 saturated carbocycles. The third-order valence-corrected chi connectivity index (χ3v) is 8.16. The minimum absolute atomic E-state index is 0.00614. The number of benzene rings is 2. The van der Waals surface area contributed by atoms with Crippen molar-refractivity contribution in [3.05, 3.63) is 83.2 Å². The molecule has 3 heterocycles. The van der Waals surface area contributed by atoms with E-state index in [1.807, 2.05) is 54.6 Å². The summed E-state index contributed by atoms with van der Waals surface area (Å²) < 4.78 is 0. The first-order valence-corrected chi connectivity index (χ1v) is 12.1. The number of hydrogen-bond acceptors (Lipinski definition) is 6. The number of carboxylic acids is 1.